The number of hydrogen-bond acceptors (Lipinski definition) is 6. The highest BCUT2D eigenvalue weighted by Gasteiger charge is 2.34. The highest BCUT2D eigenvalue weighted by molar-refractivity contribution is 5.65. The van der Waals surface area contributed by atoms with E-state index in [0.29, 0.717) is 11.6 Å². The number of allylic oxidation sites excluding steroid dienone is 2. The smallest absolute Gasteiger partial charge is 0.324 e. The average molecular weight is 502 g/mol. The molecule has 184 valence electrons. The molecule has 0 radical (unpaired) electrons. The second-order valence-corrected chi connectivity index (χ2v) is 7.55. The number of nitrogens with one attached hydrogen (secondary N) is 1. The van der Waals surface area contributed by atoms with E-state index in [1.54, 1.807) is 0 Å². The van der Waals surface area contributed by atoms with Gasteiger partial charge in [-0.05, 0) is 36.3 Å². The molecule has 1 aliphatic carbocycles. The molecule has 0 atom stereocenters. The van der Waals surface area contributed by atoms with E-state index in [1.165, 1.54) is 18.2 Å². The van der Waals surface area contributed by atoms with Crippen LogP contribution in [0.25, 0.3) is 17.1 Å². The van der Waals surface area contributed by atoms with E-state index in [2.05, 4.69) is 30.2 Å². The van der Waals surface area contributed by atoms with Gasteiger partial charge in [0.15, 0.2) is 11.6 Å². The summed E-state index contributed by atoms with van der Waals surface area (Å²) in [5.74, 6) is -3.68. The lowest BCUT2D eigenvalue weighted by Crippen LogP contribution is -2.19. The van der Waals surface area contributed by atoms with Crippen LogP contribution in [0.4, 0.5) is 46.8 Å². The monoisotopic (exact) mass is 502 g/mol. The van der Waals surface area contributed by atoms with Crippen LogP contribution in [-0.2, 0) is 12.4 Å². The molecule has 0 fully saturated rings. The first-order valence-electron chi connectivity index (χ1n) is 9.98. The van der Waals surface area contributed by atoms with Crippen molar-refractivity contribution in [3.05, 3.63) is 59.8 Å². The summed E-state index contributed by atoms with van der Waals surface area (Å²) in [6.07, 6.45) is -8.59. The van der Waals surface area contributed by atoms with Gasteiger partial charge in [-0.15, -0.1) is 0 Å². The normalized spacial score (nSPS) is 16.1. The number of halogens is 8. The number of alkyl halides is 8. The molecule has 0 bridgehead atoms. The summed E-state index contributed by atoms with van der Waals surface area (Å²) in [5.41, 5.74) is -2.53. The fourth-order valence-electron chi connectivity index (χ4n) is 3.20. The first-order valence-corrected chi connectivity index (χ1v) is 9.98. The molecule has 3 heterocycles. The number of pyridine rings is 2. The van der Waals surface area contributed by atoms with Gasteiger partial charge in [0.25, 0.3) is 5.92 Å². The van der Waals surface area contributed by atoms with Crippen LogP contribution in [0, 0.1) is 0 Å². The average Bonchev–Trinajstić information content (AvgIpc) is 2.78. The molecule has 1 N–H and O–H groups in total. The molecule has 0 saturated heterocycles. The lowest BCUT2D eigenvalue weighted by Gasteiger charge is -2.21. The van der Waals surface area contributed by atoms with E-state index in [9.17, 15) is 35.1 Å². The molecule has 1 aliphatic rings. The van der Waals surface area contributed by atoms with Crippen molar-refractivity contribution in [2.45, 2.75) is 37.5 Å². The van der Waals surface area contributed by atoms with Gasteiger partial charge < -0.3 is 5.32 Å². The second-order valence-electron chi connectivity index (χ2n) is 7.55. The van der Waals surface area contributed by atoms with Gasteiger partial charge in [-0.1, -0.05) is 12.1 Å². The Labute approximate surface area is 192 Å². The van der Waals surface area contributed by atoms with Crippen LogP contribution in [0.15, 0.2) is 42.6 Å². The predicted octanol–water partition coefficient (Wildman–Crippen LogP) is 6.31. The molecule has 14 heteroatoms. The van der Waals surface area contributed by atoms with Crippen LogP contribution in [0.2, 0.25) is 0 Å². The third kappa shape index (κ3) is 5.87. The zero-order chi connectivity index (χ0) is 25.4. The molecule has 0 aliphatic heterocycles. The highest BCUT2D eigenvalue weighted by atomic mass is 19.4. The van der Waals surface area contributed by atoms with Crippen molar-refractivity contribution in [2.75, 3.05) is 5.32 Å². The van der Waals surface area contributed by atoms with Crippen LogP contribution in [0.1, 0.15) is 36.5 Å². The Morgan fingerprint density at radius 1 is 0.829 bits per heavy atom. The molecule has 0 aromatic carbocycles. The van der Waals surface area contributed by atoms with Crippen LogP contribution >= 0.6 is 0 Å². The fourth-order valence-corrected chi connectivity index (χ4v) is 3.20. The van der Waals surface area contributed by atoms with Crippen LogP contribution in [0.3, 0.4) is 0 Å². The predicted molar refractivity (Wildman–Crippen MR) is 107 cm³/mol. The molecule has 0 spiro atoms. The van der Waals surface area contributed by atoms with E-state index >= 15 is 0 Å². The van der Waals surface area contributed by atoms with Gasteiger partial charge in [-0.3, -0.25) is 4.98 Å². The Bertz CT molecular complexity index is 1270. The minimum absolute atomic E-state index is 0.114. The number of rotatable bonds is 4. The largest absolute Gasteiger partial charge is 0.433 e. The maximum absolute atomic E-state index is 13.6. The van der Waals surface area contributed by atoms with Crippen molar-refractivity contribution in [1.82, 2.24) is 24.9 Å². The minimum atomic E-state index is -4.75. The summed E-state index contributed by atoms with van der Waals surface area (Å²) in [6.45, 7) is 0. The summed E-state index contributed by atoms with van der Waals surface area (Å²) >= 11 is 0. The van der Waals surface area contributed by atoms with E-state index in [1.807, 2.05) is 0 Å². The molecule has 35 heavy (non-hydrogen) atoms. The minimum Gasteiger partial charge on any atom is -0.324 e. The Morgan fingerprint density at radius 3 is 2.20 bits per heavy atom. The third-order valence-corrected chi connectivity index (χ3v) is 4.90. The lowest BCUT2D eigenvalue weighted by atomic mass is 9.96. The number of nitrogens with zero attached hydrogens (tertiary/aromatic N) is 5. The maximum atomic E-state index is 13.6. The van der Waals surface area contributed by atoms with E-state index in [0.717, 1.165) is 18.3 Å². The Balaban J connectivity index is 1.78. The lowest BCUT2D eigenvalue weighted by molar-refractivity contribution is -0.141. The van der Waals surface area contributed by atoms with Gasteiger partial charge in [0.2, 0.25) is 5.95 Å². The van der Waals surface area contributed by atoms with Crippen molar-refractivity contribution in [2.24, 2.45) is 0 Å². The van der Waals surface area contributed by atoms with Gasteiger partial charge in [-0.2, -0.15) is 36.3 Å². The number of aromatic nitrogens is 5. The molecule has 6 nitrogen and oxygen atoms in total. The Hall–Kier alpha value is -3.71. The number of hydrogen-bond donors (Lipinski definition) is 1. The van der Waals surface area contributed by atoms with Crippen LogP contribution in [0.5, 0.6) is 0 Å². The van der Waals surface area contributed by atoms with Crippen LogP contribution < -0.4 is 5.32 Å². The van der Waals surface area contributed by atoms with Crippen molar-refractivity contribution in [1.29, 1.82) is 0 Å². The summed E-state index contributed by atoms with van der Waals surface area (Å²) < 4.78 is 105. The zero-order valence-electron chi connectivity index (χ0n) is 17.4. The van der Waals surface area contributed by atoms with E-state index in [-0.39, 0.29) is 35.4 Å². The fraction of sp³-hybridized carbons (Fsp3) is 0.286. The molecule has 0 saturated carbocycles. The van der Waals surface area contributed by atoms with Crippen molar-refractivity contribution < 1.29 is 35.1 Å². The Kier molecular flexibility index (Phi) is 6.15. The van der Waals surface area contributed by atoms with E-state index < -0.39 is 42.5 Å². The van der Waals surface area contributed by atoms with Gasteiger partial charge >= 0.3 is 12.4 Å². The standard InChI is InChI=1S/C21H14F8N6/c22-19(23)7-4-11(5-8-19)16-33-17(13-2-1-3-14(32-13)20(24,25)26)35-18(34-16)31-12-6-9-30-15(10-12)21(27,28)29/h1-4,6,9-10H,5,7-8H2,(H,30,31,33,34,35). The van der Waals surface area contributed by atoms with Crippen molar-refractivity contribution in [3.63, 3.8) is 0 Å². The quantitative estimate of drug-likeness (QED) is 0.422. The first kappa shape index (κ1) is 24.4. The topological polar surface area (TPSA) is 76.5 Å². The maximum Gasteiger partial charge on any atom is 0.433 e. The van der Waals surface area contributed by atoms with Crippen molar-refractivity contribution in [3.8, 4) is 11.5 Å². The highest BCUT2D eigenvalue weighted by Crippen LogP contribution is 2.36. The SMILES string of the molecule is FC1(F)CC=C(c2nc(Nc3ccnc(C(F)(F)F)c3)nc(-c3cccc(C(F)(F)F)n3)n2)CC1. The second kappa shape index (κ2) is 8.82. The van der Waals surface area contributed by atoms with Gasteiger partial charge in [0.05, 0.1) is 0 Å². The van der Waals surface area contributed by atoms with Crippen molar-refractivity contribution >= 4 is 17.2 Å². The van der Waals surface area contributed by atoms with E-state index in [4.69, 9.17) is 0 Å². The number of anilines is 2. The summed E-state index contributed by atoms with van der Waals surface area (Å²) in [6, 6.07) is 4.91. The van der Waals surface area contributed by atoms with Gasteiger partial charge in [0, 0.05) is 24.7 Å². The first-order chi connectivity index (χ1) is 16.3. The third-order valence-electron chi connectivity index (χ3n) is 4.90. The molecular weight excluding hydrogens is 488 g/mol. The molecule has 3 aromatic rings. The van der Waals surface area contributed by atoms with Gasteiger partial charge in [-0.25, -0.2) is 18.7 Å². The van der Waals surface area contributed by atoms with Gasteiger partial charge in [0.1, 0.15) is 17.1 Å². The molecule has 0 unspecified atom stereocenters. The summed E-state index contributed by atoms with van der Waals surface area (Å²) in [4.78, 5) is 18.9. The zero-order valence-corrected chi connectivity index (χ0v) is 17.4. The summed E-state index contributed by atoms with van der Waals surface area (Å²) in [7, 11) is 0. The molecular formula is C21H14F8N6. The molecule has 3 aromatic heterocycles. The summed E-state index contributed by atoms with van der Waals surface area (Å²) in [5, 5.41) is 2.54. The Morgan fingerprint density at radius 2 is 1.54 bits per heavy atom. The molecule has 0 amide bonds. The van der Waals surface area contributed by atoms with Crippen LogP contribution in [-0.4, -0.2) is 30.8 Å². The molecule has 4 rings (SSSR count).